The smallest absolute Gasteiger partial charge is 0.119 e. The molecule has 3 rings (SSSR count). The Morgan fingerprint density at radius 2 is 2.14 bits per heavy atom. The molecule has 4 atom stereocenters. The summed E-state index contributed by atoms with van der Waals surface area (Å²) in [5.74, 6) is 2.88. The zero-order valence-corrected chi connectivity index (χ0v) is 13.5. The summed E-state index contributed by atoms with van der Waals surface area (Å²) in [6.45, 7) is 1.02. The van der Waals surface area contributed by atoms with Crippen LogP contribution in [0.15, 0.2) is 24.3 Å². The lowest BCUT2D eigenvalue weighted by Crippen LogP contribution is -2.39. The van der Waals surface area contributed by atoms with E-state index in [9.17, 15) is 0 Å². The second-order valence-electron chi connectivity index (χ2n) is 6.95. The first-order valence-electron chi connectivity index (χ1n) is 8.21. The van der Waals surface area contributed by atoms with Gasteiger partial charge in [0.2, 0.25) is 0 Å². The van der Waals surface area contributed by atoms with Crippen LogP contribution in [0.25, 0.3) is 0 Å². The number of benzene rings is 1. The largest absolute Gasteiger partial charge is 0.497 e. The van der Waals surface area contributed by atoms with Gasteiger partial charge < -0.3 is 15.0 Å². The zero-order valence-electron chi connectivity index (χ0n) is 13.5. The second-order valence-corrected chi connectivity index (χ2v) is 6.95. The number of methoxy groups -OCH3 is 1. The van der Waals surface area contributed by atoms with Crippen molar-refractivity contribution in [1.82, 2.24) is 10.2 Å². The van der Waals surface area contributed by atoms with Gasteiger partial charge >= 0.3 is 0 Å². The summed E-state index contributed by atoms with van der Waals surface area (Å²) < 4.78 is 5.36. The number of nitrogens with zero attached hydrogens (tertiary/aromatic N) is 1. The van der Waals surface area contributed by atoms with Gasteiger partial charge in [0.25, 0.3) is 0 Å². The monoisotopic (exact) mass is 288 g/mol. The van der Waals surface area contributed by atoms with Crippen LogP contribution in [-0.4, -0.2) is 38.7 Å². The standard InChI is InChI=1S/C18H28N2O/c1-20(2)18(15-5-4-6-16(11-15)21-3)12-19-17-10-13-7-8-14(17)9-13/h4-6,11,13-14,17-19H,7-10,12H2,1-3H3. The molecule has 2 bridgehead atoms. The van der Waals surface area contributed by atoms with Crippen LogP contribution in [0.2, 0.25) is 0 Å². The molecule has 2 aliphatic carbocycles. The predicted octanol–water partition coefficient (Wildman–Crippen LogP) is 3.08. The highest BCUT2D eigenvalue weighted by atomic mass is 16.5. The van der Waals surface area contributed by atoms with E-state index in [1.807, 2.05) is 6.07 Å². The van der Waals surface area contributed by atoms with Crippen LogP contribution in [0.3, 0.4) is 0 Å². The van der Waals surface area contributed by atoms with Gasteiger partial charge in [0, 0.05) is 18.6 Å². The third-order valence-corrected chi connectivity index (χ3v) is 5.41. The Kier molecular flexibility index (Phi) is 4.51. The quantitative estimate of drug-likeness (QED) is 0.870. The SMILES string of the molecule is COc1cccc(C(CNC2CC3CCC2C3)N(C)C)c1. The molecular weight excluding hydrogens is 260 g/mol. The molecule has 1 N–H and O–H groups in total. The molecule has 1 aromatic carbocycles. The molecule has 116 valence electrons. The molecule has 0 saturated heterocycles. The van der Waals surface area contributed by atoms with Crippen LogP contribution in [0.5, 0.6) is 5.75 Å². The van der Waals surface area contributed by atoms with Gasteiger partial charge in [0.15, 0.2) is 0 Å². The first-order chi connectivity index (χ1) is 10.2. The maximum Gasteiger partial charge on any atom is 0.119 e. The number of hydrogen-bond acceptors (Lipinski definition) is 3. The summed E-state index contributed by atoms with van der Waals surface area (Å²) in [5, 5.41) is 3.85. The summed E-state index contributed by atoms with van der Waals surface area (Å²) >= 11 is 0. The highest BCUT2D eigenvalue weighted by Crippen LogP contribution is 2.44. The van der Waals surface area contributed by atoms with Crippen molar-refractivity contribution < 1.29 is 4.74 Å². The van der Waals surface area contributed by atoms with Crippen LogP contribution in [-0.2, 0) is 0 Å². The summed E-state index contributed by atoms with van der Waals surface area (Å²) in [6, 6.07) is 9.61. The summed E-state index contributed by atoms with van der Waals surface area (Å²) in [5.41, 5.74) is 1.33. The minimum absolute atomic E-state index is 0.402. The molecular formula is C18H28N2O. The average Bonchev–Trinajstić information content (AvgIpc) is 3.10. The Labute approximate surface area is 128 Å². The summed E-state index contributed by atoms with van der Waals surface area (Å²) in [4.78, 5) is 2.30. The molecule has 4 unspecified atom stereocenters. The van der Waals surface area contributed by atoms with Gasteiger partial charge in [-0.25, -0.2) is 0 Å². The molecule has 0 aromatic heterocycles. The molecule has 0 spiro atoms. The van der Waals surface area contributed by atoms with Gasteiger partial charge in [-0.05, 0) is 62.9 Å². The topological polar surface area (TPSA) is 24.5 Å². The van der Waals surface area contributed by atoms with Gasteiger partial charge in [0.1, 0.15) is 5.75 Å². The molecule has 2 aliphatic rings. The Hall–Kier alpha value is -1.06. The Balaban J connectivity index is 1.64. The molecule has 2 saturated carbocycles. The van der Waals surface area contributed by atoms with Gasteiger partial charge in [-0.3, -0.25) is 0 Å². The van der Waals surface area contributed by atoms with E-state index in [0.29, 0.717) is 6.04 Å². The molecule has 3 nitrogen and oxygen atoms in total. The first-order valence-corrected chi connectivity index (χ1v) is 8.21. The van der Waals surface area contributed by atoms with Crippen molar-refractivity contribution in [2.75, 3.05) is 27.7 Å². The molecule has 3 heteroatoms. The van der Waals surface area contributed by atoms with E-state index < -0.39 is 0 Å². The third-order valence-electron chi connectivity index (χ3n) is 5.41. The van der Waals surface area contributed by atoms with Crippen molar-refractivity contribution in [3.05, 3.63) is 29.8 Å². The first kappa shape index (κ1) is 14.9. The number of ether oxygens (including phenoxy) is 1. The van der Waals surface area contributed by atoms with Crippen LogP contribution in [0.4, 0.5) is 0 Å². The molecule has 21 heavy (non-hydrogen) atoms. The number of rotatable bonds is 6. The Morgan fingerprint density at radius 3 is 2.76 bits per heavy atom. The lowest BCUT2D eigenvalue weighted by atomic mass is 9.95. The fraction of sp³-hybridized carbons (Fsp3) is 0.667. The normalized spacial score (nSPS) is 29.0. The van der Waals surface area contributed by atoms with Crippen molar-refractivity contribution >= 4 is 0 Å². The van der Waals surface area contributed by atoms with Crippen molar-refractivity contribution in [2.24, 2.45) is 11.8 Å². The molecule has 2 fully saturated rings. The van der Waals surface area contributed by atoms with Crippen LogP contribution in [0, 0.1) is 11.8 Å². The van der Waals surface area contributed by atoms with E-state index >= 15 is 0 Å². The number of fused-ring (bicyclic) bond motifs is 2. The zero-order chi connectivity index (χ0) is 14.8. The predicted molar refractivity (Wildman–Crippen MR) is 86.7 cm³/mol. The van der Waals surface area contributed by atoms with Crippen LogP contribution in [0.1, 0.15) is 37.3 Å². The fourth-order valence-corrected chi connectivity index (χ4v) is 4.21. The van der Waals surface area contributed by atoms with Gasteiger partial charge in [-0.1, -0.05) is 18.6 Å². The lowest BCUT2D eigenvalue weighted by Gasteiger charge is -2.30. The van der Waals surface area contributed by atoms with Crippen molar-refractivity contribution in [3.8, 4) is 5.75 Å². The Bertz CT molecular complexity index is 474. The van der Waals surface area contributed by atoms with Gasteiger partial charge in [0.05, 0.1) is 7.11 Å². The van der Waals surface area contributed by atoms with Gasteiger partial charge in [-0.2, -0.15) is 0 Å². The van der Waals surface area contributed by atoms with E-state index in [-0.39, 0.29) is 0 Å². The second kappa shape index (κ2) is 6.37. The average molecular weight is 288 g/mol. The number of nitrogens with one attached hydrogen (secondary N) is 1. The maximum atomic E-state index is 5.36. The molecule has 0 heterocycles. The molecule has 0 aliphatic heterocycles. The highest BCUT2D eigenvalue weighted by Gasteiger charge is 2.39. The summed E-state index contributed by atoms with van der Waals surface area (Å²) in [7, 11) is 6.05. The van der Waals surface area contributed by atoms with E-state index in [1.54, 1.807) is 7.11 Å². The molecule has 0 radical (unpaired) electrons. The van der Waals surface area contributed by atoms with Crippen LogP contribution < -0.4 is 10.1 Å². The number of likely N-dealkylation sites (N-methyl/N-ethyl adjacent to an activating group) is 1. The molecule has 0 amide bonds. The third kappa shape index (κ3) is 3.24. The van der Waals surface area contributed by atoms with E-state index in [1.165, 1.54) is 31.2 Å². The van der Waals surface area contributed by atoms with Gasteiger partial charge in [-0.15, -0.1) is 0 Å². The van der Waals surface area contributed by atoms with Crippen LogP contribution >= 0.6 is 0 Å². The van der Waals surface area contributed by atoms with E-state index in [0.717, 1.165) is 30.2 Å². The van der Waals surface area contributed by atoms with E-state index in [2.05, 4.69) is 42.5 Å². The lowest BCUT2D eigenvalue weighted by molar-refractivity contribution is 0.259. The van der Waals surface area contributed by atoms with Crippen molar-refractivity contribution in [3.63, 3.8) is 0 Å². The molecule has 1 aromatic rings. The summed E-state index contributed by atoms with van der Waals surface area (Å²) in [6.07, 6.45) is 5.76. The van der Waals surface area contributed by atoms with E-state index in [4.69, 9.17) is 4.74 Å². The maximum absolute atomic E-state index is 5.36. The fourth-order valence-electron chi connectivity index (χ4n) is 4.21. The van der Waals surface area contributed by atoms with Crippen molar-refractivity contribution in [1.29, 1.82) is 0 Å². The minimum atomic E-state index is 0.402. The van der Waals surface area contributed by atoms with Crippen molar-refractivity contribution in [2.45, 2.75) is 37.8 Å². The Morgan fingerprint density at radius 1 is 1.29 bits per heavy atom. The minimum Gasteiger partial charge on any atom is -0.497 e. The highest BCUT2D eigenvalue weighted by molar-refractivity contribution is 5.30. The number of hydrogen-bond donors (Lipinski definition) is 1.